The zero-order valence-electron chi connectivity index (χ0n) is 10.6. The molecule has 0 bridgehead atoms. The van der Waals surface area contributed by atoms with Crippen molar-refractivity contribution in [2.24, 2.45) is 4.36 Å². The van der Waals surface area contributed by atoms with Crippen molar-refractivity contribution < 1.29 is 22.4 Å². The Morgan fingerprint density at radius 3 is 2.68 bits per heavy atom. The second-order valence-electron chi connectivity index (χ2n) is 4.11. The van der Waals surface area contributed by atoms with Gasteiger partial charge >= 0.3 is 6.18 Å². The standard InChI is InChI=1S/C12H8Br2F4N2OS/c13-9-6-20(11(14)22(9)19-10(21)5-15)8-3-1-2-7(4-8)12(16,17)18/h1-4,6,11H,5H2. The Labute approximate surface area is 142 Å². The smallest absolute Gasteiger partial charge is 0.323 e. The lowest BCUT2D eigenvalue weighted by Crippen LogP contribution is -2.24. The maximum Gasteiger partial charge on any atom is 0.416 e. The largest absolute Gasteiger partial charge is 0.416 e. The summed E-state index contributed by atoms with van der Waals surface area (Å²) in [6, 6.07) is 4.76. The van der Waals surface area contributed by atoms with Crippen LogP contribution in [-0.4, -0.2) is 16.9 Å². The Bertz CT molecular complexity index is 663. The van der Waals surface area contributed by atoms with E-state index in [4.69, 9.17) is 0 Å². The Morgan fingerprint density at radius 2 is 2.09 bits per heavy atom. The highest BCUT2D eigenvalue weighted by Gasteiger charge is 2.33. The van der Waals surface area contributed by atoms with Crippen molar-refractivity contribution in [3.8, 4) is 0 Å². The van der Waals surface area contributed by atoms with Crippen LogP contribution in [0.1, 0.15) is 5.56 Å². The van der Waals surface area contributed by atoms with E-state index in [2.05, 4.69) is 36.2 Å². The van der Waals surface area contributed by atoms with Crippen LogP contribution in [0.5, 0.6) is 0 Å². The lowest BCUT2D eigenvalue weighted by Gasteiger charge is -2.22. The van der Waals surface area contributed by atoms with Gasteiger partial charge in [0.15, 0.2) is 11.0 Å². The molecule has 0 aromatic heterocycles. The molecule has 0 radical (unpaired) electrons. The number of rotatable bonds is 2. The third-order valence-electron chi connectivity index (χ3n) is 2.63. The van der Waals surface area contributed by atoms with Crippen molar-refractivity contribution in [1.82, 2.24) is 0 Å². The second-order valence-corrected chi connectivity index (χ2v) is 8.66. The van der Waals surface area contributed by atoms with E-state index in [0.29, 0.717) is 3.81 Å². The molecule has 0 spiro atoms. The summed E-state index contributed by atoms with van der Waals surface area (Å²) >= 11 is 6.50. The van der Waals surface area contributed by atoms with Gasteiger partial charge in [0.05, 0.1) is 9.38 Å². The lowest BCUT2D eigenvalue weighted by molar-refractivity contribution is -0.137. The van der Waals surface area contributed by atoms with E-state index in [1.54, 1.807) is 0 Å². The highest BCUT2D eigenvalue weighted by Crippen LogP contribution is 2.38. The molecule has 22 heavy (non-hydrogen) atoms. The van der Waals surface area contributed by atoms with Crippen LogP contribution in [0.15, 0.2) is 38.6 Å². The first-order valence-corrected chi connectivity index (χ1v) is 8.70. The Kier molecular flexibility index (Phi) is 5.44. The average molecular weight is 464 g/mol. The van der Waals surface area contributed by atoms with E-state index in [1.807, 2.05) is 0 Å². The second kappa shape index (κ2) is 6.79. The van der Waals surface area contributed by atoms with E-state index < -0.39 is 39.3 Å². The van der Waals surface area contributed by atoms with Gasteiger partial charge in [0.2, 0.25) is 0 Å². The van der Waals surface area contributed by atoms with Crippen LogP contribution in [0.2, 0.25) is 0 Å². The molecule has 1 amide bonds. The first-order valence-electron chi connectivity index (χ1n) is 5.75. The van der Waals surface area contributed by atoms with E-state index in [1.165, 1.54) is 23.2 Å². The molecule has 1 aromatic rings. The van der Waals surface area contributed by atoms with Gasteiger partial charge in [-0.1, -0.05) is 22.0 Å². The maximum atomic E-state index is 12.8. The zero-order valence-corrected chi connectivity index (χ0v) is 14.6. The summed E-state index contributed by atoms with van der Waals surface area (Å²) in [7, 11) is -1.03. The molecule has 10 heteroatoms. The van der Waals surface area contributed by atoms with Crippen LogP contribution in [0.25, 0.3) is 0 Å². The highest BCUT2D eigenvalue weighted by atomic mass is 79.9. The molecule has 0 N–H and O–H groups in total. The fourth-order valence-corrected chi connectivity index (χ4v) is 5.86. The van der Waals surface area contributed by atoms with Gasteiger partial charge in [-0.25, -0.2) is 4.39 Å². The molecular weight excluding hydrogens is 456 g/mol. The summed E-state index contributed by atoms with van der Waals surface area (Å²) < 4.78 is 54.2. The molecule has 0 aliphatic carbocycles. The Morgan fingerprint density at radius 1 is 1.41 bits per heavy atom. The molecular formula is C12H8Br2F4N2OS. The van der Waals surface area contributed by atoms with E-state index >= 15 is 0 Å². The summed E-state index contributed by atoms with van der Waals surface area (Å²) in [5.41, 5.74) is -0.496. The fraction of sp³-hybridized carbons (Fsp3) is 0.250. The predicted octanol–water partition coefficient (Wildman–Crippen LogP) is 4.70. The molecule has 3 nitrogen and oxygen atoms in total. The molecule has 0 saturated heterocycles. The van der Waals surface area contributed by atoms with Crippen LogP contribution >= 0.6 is 31.9 Å². The van der Waals surface area contributed by atoms with Crippen LogP contribution in [0.4, 0.5) is 23.2 Å². The maximum absolute atomic E-state index is 12.8. The van der Waals surface area contributed by atoms with Gasteiger partial charge in [0, 0.05) is 11.9 Å². The first-order chi connectivity index (χ1) is 10.2. The molecule has 120 valence electrons. The Balaban J connectivity index is 2.36. The molecule has 1 heterocycles. The number of carbonyl (C=O) groups is 1. The molecule has 1 aliphatic heterocycles. The minimum absolute atomic E-state index is 0.284. The number of hydrogen-bond acceptors (Lipinski definition) is 2. The molecule has 1 aromatic carbocycles. The summed E-state index contributed by atoms with van der Waals surface area (Å²) in [4.78, 5) is 12.6. The quantitative estimate of drug-likeness (QED) is 0.362. The van der Waals surface area contributed by atoms with Gasteiger partial charge in [0.1, 0.15) is 0 Å². The summed E-state index contributed by atoms with van der Waals surface area (Å²) in [6.45, 7) is -1.22. The SMILES string of the molecule is O=C(CF)N=S1C(Br)=CN(c2cccc(C(F)(F)F)c2)C1Br. The molecule has 1 aliphatic rings. The van der Waals surface area contributed by atoms with Crippen molar-refractivity contribution >= 4 is 54.1 Å². The van der Waals surface area contributed by atoms with E-state index in [-0.39, 0.29) is 5.69 Å². The highest BCUT2D eigenvalue weighted by molar-refractivity contribution is 9.15. The lowest BCUT2D eigenvalue weighted by atomic mass is 10.2. The van der Waals surface area contributed by atoms with Crippen LogP contribution in [-0.2, 0) is 21.7 Å². The first kappa shape index (κ1) is 17.6. The van der Waals surface area contributed by atoms with Crippen LogP contribution in [0.3, 0.4) is 0 Å². The molecule has 2 atom stereocenters. The van der Waals surface area contributed by atoms with Crippen molar-refractivity contribution in [3.63, 3.8) is 0 Å². The van der Waals surface area contributed by atoms with Crippen molar-refractivity contribution in [1.29, 1.82) is 0 Å². The summed E-state index contributed by atoms with van der Waals surface area (Å²) in [5, 5.41) is 0. The minimum atomic E-state index is -4.45. The van der Waals surface area contributed by atoms with Gasteiger partial charge < -0.3 is 4.90 Å². The molecule has 2 rings (SSSR count). The molecule has 0 fully saturated rings. The van der Waals surface area contributed by atoms with Gasteiger partial charge in [-0.3, -0.25) is 4.79 Å². The number of benzene rings is 1. The van der Waals surface area contributed by atoms with Gasteiger partial charge in [-0.05, 0) is 44.8 Å². The fourth-order valence-electron chi connectivity index (χ4n) is 1.68. The predicted molar refractivity (Wildman–Crippen MR) is 84.4 cm³/mol. The molecule has 0 saturated carbocycles. The summed E-state index contributed by atoms with van der Waals surface area (Å²) in [6.07, 6.45) is -2.93. The normalized spacial score (nSPS) is 22.1. The van der Waals surface area contributed by atoms with Crippen LogP contribution < -0.4 is 4.90 Å². The monoisotopic (exact) mass is 462 g/mol. The average Bonchev–Trinajstić information content (AvgIpc) is 2.74. The Hall–Kier alpha value is -0.740. The van der Waals surface area contributed by atoms with Crippen LogP contribution in [0, 0.1) is 0 Å². The van der Waals surface area contributed by atoms with Crippen molar-refractivity contribution in [2.45, 2.75) is 10.5 Å². The minimum Gasteiger partial charge on any atom is -0.323 e. The van der Waals surface area contributed by atoms with Crippen molar-refractivity contribution in [3.05, 3.63) is 39.8 Å². The van der Waals surface area contributed by atoms with Crippen molar-refractivity contribution in [2.75, 3.05) is 11.6 Å². The third kappa shape index (κ3) is 3.77. The van der Waals surface area contributed by atoms with Gasteiger partial charge in [-0.2, -0.15) is 17.5 Å². The number of halogens is 6. The number of anilines is 1. The van der Waals surface area contributed by atoms with E-state index in [0.717, 1.165) is 12.1 Å². The van der Waals surface area contributed by atoms with Gasteiger partial charge in [-0.15, -0.1) is 0 Å². The third-order valence-corrected chi connectivity index (χ3v) is 6.83. The summed E-state index contributed by atoms with van der Waals surface area (Å²) in [5.74, 6) is -0.913. The number of alkyl halides is 5. The number of nitrogens with zero attached hydrogens (tertiary/aromatic N) is 2. The van der Waals surface area contributed by atoms with E-state index in [9.17, 15) is 22.4 Å². The van der Waals surface area contributed by atoms with Gasteiger partial charge in [0.25, 0.3) is 5.91 Å². The number of hydrogen-bond donors (Lipinski definition) is 0. The number of carbonyl (C=O) groups excluding carboxylic acids is 1. The topological polar surface area (TPSA) is 32.7 Å². The zero-order chi connectivity index (χ0) is 16.5. The number of amides is 1. The molecule has 2 unspecified atom stereocenters.